The van der Waals surface area contributed by atoms with Crippen LogP contribution in [0.1, 0.15) is 46.7 Å². The zero-order chi connectivity index (χ0) is 17.0. The lowest BCUT2D eigenvalue weighted by Gasteiger charge is -2.31. The smallest absolute Gasteiger partial charge is 0.343 e. The molecule has 0 radical (unpaired) electrons. The van der Waals surface area contributed by atoms with Crippen LogP contribution in [0.25, 0.3) is 0 Å². The summed E-state index contributed by atoms with van der Waals surface area (Å²) in [5.41, 5.74) is -1.94. The summed E-state index contributed by atoms with van der Waals surface area (Å²) in [7, 11) is 2.59. The van der Waals surface area contributed by atoms with Crippen LogP contribution in [-0.4, -0.2) is 53.6 Å². The van der Waals surface area contributed by atoms with Gasteiger partial charge in [0.2, 0.25) is 5.67 Å². The molecule has 1 aromatic rings. The second-order valence-electron chi connectivity index (χ2n) is 5.41. The van der Waals surface area contributed by atoms with E-state index >= 15 is 0 Å². The highest BCUT2D eigenvalue weighted by Gasteiger charge is 2.43. The van der Waals surface area contributed by atoms with Gasteiger partial charge < -0.3 is 20.4 Å². The number of rotatable bonds is 4. The van der Waals surface area contributed by atoms with E-state index < -0.39 is 23.5 Å². The highest BCUT2D eigenvalue weighted by atomic mass is 19.1. The van der Waals surface area contributed by atoms with Gasteiger partial charge in [-0.25, -0.2) is 14.2 Å². The minimum atomic E-state index is -1.99. The molecule has 1 aromatic heterocycles. The van der Waals surface area contributed by atoms with Gasteiger partial charge in [0.15, 0.2) is 5.69 Å². The minimum Gasteiger partial charge on any atom is -0.467 e. The molecule has 9 heteroatoms. The summed E-state index contributed by atoms with van der Waals surface area (Å²) in [6, 6.07) is -0.287. The van der Waals surface area contributed by atoms with Gasteiger partial charge in [0.05, 0.1) is 13.4 Å². The number of hydrogen-bond donors (Lipinski definition) is 3. The Morgan fingerprint density at radius 1 is 1.35 bits per heavy atom. The van der Waals surface area contributed by atoms with Crippen LogP contribution in [-0.2, 0) is 9.53 Å². The number of ether oxygens (including phenoxy) is 1. The molecule has 0 bridgehead atoms. The SMILES string of the molecule is CNC(=O)c1[nH]cnc1C(=O)NC1CCC(F)(C(=O)OC)CC1. The largest absolute Gasteiger partial charge is 0.467 e. The van der Waals surface area contributed by atoms with Crippen molar-refractivity contribution in [1.29, 1.82) is 0 Å². The lowest BCUT2D eigenvalue weighted by atomic mass is 9.83. The maximum Gasteiger partial charge on any atom is 0.343 e. The molecule has 1 saturated carbocycles. The van der Waals surface area contributed by atoms with Gasteiger partial charge in [-0.1, -0.05) is 0 Å². The number of amides is 2. The number of aromatic nitrogens is 2. The zero-order valence-electron chi connectivity index (χ0n) is 12.9. The van der Waals surface area contributed by atoms with Crippen molar-refractivity contribution in [2.75, 3.05) is 14.2 Å². The Labute approximate surface area is 132 Å². The summed E-state index contributed by atoms with van der Waals surface area (Å²) in [6.45, 7) is 0. The maximum atomic E-state index is 14.3. The minimum absolute atomic E-state index is 0.0191. The summed E-state index contributed by atoms with van der Waals surface area (Å²) >= 11 is 0. The molecule has 126 valence electrons. The molecule has 8 nitrogen and oxygen atoms in total. The first-order valence-electron chi connectivity index (χ1n) is 7.25. The number of nitrogens with one attached hydrogen (secondary N) is 3. The molecule has 0 unspecified atom stereocenters. The molecule has 0 saturated heterocycles. The molecule has 1 aliphatic carbocycles. The fourth-order valence-corrected chi connectivity index (χ4v) is 2.63. The van der Waals surface area contributed by atoms with Crippen LogP contribution in [0.4, 0.5) is 4.39 Å². The summed E-state index contributed by atoms with van der Waals surface area (Å²) in [4.78, 5) is 41.7. The topological polar surface area (TPSA) is 113 Å². The lowest BCUT2D eigenvalue weighted by molar-refractivity contribution is -0.157. The third-order valence-electron chi connectivity index (χ3n) is 3.97. The van der Waals surface area contributed by atoms with Crippen LogP contribution in [0.5, 0.6) is 0 Å². The van der Waals surface area contributed by atoms with Crippen molar-refractivity contribution >= 4 is 17.8 Å². The predicted molar refractivity (Wildman–Crippen MR) is 77.6 cm³/mol. The van der Waals surface area contributed by atoms with Gasteiger partial charge in [0.25, 0.3) is 11.8 Å². The number of carbonyl (C=O) groups is 3. The standard InChI is InChI=1S/C14H19FN4O4/c1-16-11(20)9-10(18-7-17-9)12(21)19-8-3-5-14(15,6-4-8)13(22)23-2/h7-8H,3-6H2,1-2H3,(H,16,20)(H,17,18)(H,19,21). The van der Waals surface area contributed by atoms with E-state index in [0.717, 1.165) is 7.11 Å². The van der Waals surface area contributed by atoms with E-state index in [9.17, 15) is 18.8 Å². The Kier molecular flexibility index (Phi) is 4.97. The Balaban J connectivity index is 1.97. The number of nitrogens with zero attached hydrogens (tertiary/aromatic N) is 1. The van der Waals surface area contributed by atoms with Gasteiger partial charge in [-0.3, -0.25) is 9.59 Å². The summed E-state index contributed by atoms with van der Waals surface area (Å²) < 4.78 is 18.8. The summed E-state index contributed by atoms with van der Waals surface area (Å²) in [5.74, 6) is -1.85. The van der Waals surface area contributed by atoms with Crippen LogP contribution in [0.15, 0.2) is 6.33 Å². The van der Waals surface area contributed by atoms with Crippen LogP contribution < -0.4 is 10.6 Å². The molecule has 0 aromatic carbocycles. The lowest BCUT2D eigenvalue weighted by Crippen LogP contribution is -2.45. The molecule has 3 N–H and O–H groups in total. The van der Waals surface area contributed by atoms with Crippen molar-refractivity contribution in [2.24, 2.45) is 0 Å². The van der Waals surface area contributed by atoms with Crippen molar-refractivity contribution in [1.82, 2.24) is 20.6 Å². The van der Waals surface area contributed by atoms with Crippen molar-refractivity contribution in [3.05, 3.63) is 17.7 Å². The van der Waals surface area contributed by atoms with Gasteiger partial charge >= 0.3 is 5.97 Å². The Bertz CT molecular complexity index is 608. The molecule has 1 fully saturated rings. The zero-order valence-corrected chi connectivity index (χ0v) is 12.9. The number of aromatic amines is 1. The summed E-state index contributed by atoms with van der Waals surface area (Å²) in [6.07, 6.45) is 1.82. The second-order valence-corrected chi connectivity index (χ2v) is 5.41. The molecule has 23 heavy (non-hydrogen) atoms. The fourth-order valence-electron chi connectivity index (χ4n) is 2.63. The van der Waals surface area contributed by atoms with Crippen LogP contribution >= 0.6 is 0 Å². The van der Waals surface area contributed by atoms with Gasteiger partial charge in [0.1, 0.15) is 5.69 Å². The first-order valence-corrected chi connectivity index (χ1v) is 7.25. The number of carbonyl (C=O) groups excluding carboxylic acids is 3. The van der Waals surface area contributed by atoms with Crippen molar-refractivity contribution in [3.8, 4) is 0 Å². The highest BCUT2D eigenvalue weighted by molar-refractivity contribution is 6.04. The van der Waals surface area contributed by atoms with Crippen LogP contribution in [0.3, 0.4) is 0 Å². The van der Waals surface area contributed by atoms with Crippen LogP contribution in [0, 0.1) is 0 Å². The van der Waals surface area contributed by atoms with Gasteiger partial charge in [-0.2, -0.15) is 0 Å². The number of alkyl halides is 1. The maximum absolute atomic E-state index is 14.3. The molecular formula is C14H19FN4O4. The average Bonchev–Trinajstić information content (AvgIpc) is 3.05. The van der Waals surface area contributed by atoms with Crippen LogP contribution in [0.2, 0.25) is 0 Å². The monoisotopic (exact) mass is 326 g/mol. The van der Waals surface area contributed by atoms with E-state index in [1.54, 1.807) is 0 Å². The third-order valence-corrected chi connectivity index (χ3v) is 3.97. The first-order chi connectivity index (χ1) is 10.9. The third kappa shape index (κ3) is 3.49. The highest BCUT2D eigenvalue weighted by Crippen LogP contribution is 2.33. The van der Waals surface area contributed by atoms with Crippen molar-refractivity contribution in [3.63, 3.8) is 0 Å². The number of imidazole rings is 1. The molecule has 0 spiro atoms. The Hall–Kier alpha value is -2.45. The second kappa shape index (κ2) is 6.76. The number of hydrogen-bond acceptors (Lipinski definition) is 5. The number of halogens is 1. The molecule has 1 aliphatic rings. The number of H-pyrrole nitrogens is 1. The van der Waals surface area contributed by atoms with E-state index in [-0.39, 0.29) is 30.3 Å². The van der Waals surface area contributed by atoms with Crippen molar-refractivity contribution < 1.29 is 23.5 Å². The quantitative estimate of drug-likeness (QED) is 0.690. The molecule has 0 atom stereocenters. The molecule has 2 amide bonds. The fraction of sp³-hybridized carbons (Fsp3) is 0.571. The van der Waals surface area contributed by atoms with Gasteiger partial charge in [-0.15, -0.1) is 0 Å². The Morgan fingerprint density at radius 3 is 2.57 bits per heavy atom. The number of methoxy groups -OCH3 is 1. The predicted octanol–water partition coefficient (Wildman–Crippen LogP) is 0.323. The van der Waals surface area contributed by atoms with Gasteiger partial charge in [-0.05, 0) is 25.7 Å². The number of esters is 1. The normalized spacial score (nSPS) is 23.9. The molecule has 1 heterocycles. The van der Waals surface area contributed by atoms with E-state index in [2.05, 4.69) is 25.3 Å². The van der Waals surface area contributed by atoms with Crippen molar-refractivity contribution in [2.45, 2.75) is 37.4 Å². The van der Waals surface area contributed by atoms with E-state index in [0.29, 0.717) is 12.8 Å². The summed E-state index contributed by atoms with van der Waals surface area (Å²) in [5, 5.41) is 5.12. The van der Waals surface area contributed by atoms with E-state index in [1.165, 1.54) is 13.4 Å². The first kappa shape index (κ1) is 16.9. The van der Waals surface area contributed by atoms with E-state index in [1.807, 2.05) is 0 Å². The Morgan fingerprint density at radius 2 is 2.00 bits per heavy atom. The van der Waals surface area contributed by atoms with Gasteiger partial charge in [0, 0.05) is 13.1 Å². The molecule has 2 rings (SSSR count). The molecular weight excluding hydrogens is 307 g/mol. The average molecular weight is 326 g/mol. The molecule has 0 aliphatic heterocycles. The van der Waals surface area contributed by atoms with E-state index in [4.69, 9.17) is 0 Å².